The third-order valence-electron chi connectivity index (χ3n) is 4.35. The van der Waals surface area contributed by atoms with Crippen molar-refractivity contribution in [2.75, 3.05) is 24.2 Å². The molecule has 11 heteroatoms. The highest BCUT2D eigenvalue weighted by atomic mass is 32.2. The Hall–Kier alpha value is -2.00. The van der Waals surface area contributed by atoms with E-state index in [1.165, 1.54) is 27.8 Å². The van der Waals surface area contributed by atoms with Gasteiger partial charge in [0, 0.05) is 19.0 Å². The first-order valence-corrected chi connectivity index (χ1v) is 12.0. The molecule has 1 aliphatic rings. The molecule has 0 spiro atoms. The molecule has 1 aromatic heterocycles. The van der Waals surface area contributed by atoms with Crippen molar-refractivity contribution >= 4 is 44.2 Å². The highest BCUT2D eigenvalue weighted by molar-refractivity contribution is 8.01. The number of sulfonamides is 1. The molecule has 0 bridgehead atoms. The zero-order valence-electron chi connectivity index (χ0n) is 15.2. The summed E-state index contributed by atoms with van der Waals surface area (Å²) in [5.74, 6) is 0.423. The van der Waals surface area contributed by atoms with E-state index in [9.17, 15) is 18.5 Å². The van der Waals surface area contributed by atoms with Crippen molar-refractivity contribution in [3.63, 3.8) is 0 Å². The molecule has 1 amide bonds. The second-order valence-electron chi connectivity index (χ2n) is 6.08. The minimum atomic E-state index is -3.76. The number of carbonyl (C=O) groups is 1. The molecule has 2 heterocycles. The van der Waals surface area contributed by atoms with Crippen molar-refractivity contribution in [2.45, 2.75) is 29.0 Å². The maximum atomic E-state index is 12.9. The van der Waals surface area contributed by atoms with Gasteiger partial charge in [-0.1, -0.05) is 42.2 Å². The maximum absolute atomic E-state index is 12.9. The number of thioether (sulfide) groups is 1. The first-order chi connectivity index (χ1) is 13.5. The van der Waals surface area contributed by atoms with Crippen molar-refractivity contribution in [1.29, 1.82) is 5.26 Å². The van der Waals surface area contributed by atoms with Gasteiger partial charge in [-0.2, -0.15) is 9.57 Å². The van der Waals surface area contributed by atoms with Crippen molar-refractivity contribution in [1.82, 2.24) is 14.5 Å². The maximum Gasteiger partial charge on any atom is 0.244 e. The van der Waals surface area contributed by atoms with Gasteiger partial charge in [0.15, 0.2) is 4.34 Å². The standard InChI is InChI=1S/C17H19N5O3S3/c1-2-26-17-21-20-16(27-17)19-15(23)12-7-9-22(10-8-12)28(24,25)14-6-4-3-5-13(14)11-18/h3-6,12H,2,7-10H2,1H3,(H,19,20,23). The number of hydrogen-bond donors (Lipinski definition) is 1. The van der Waals surface area contributed by atoms with Gasteiger partial charge in [-0.15, -0.1) is 10.2 Å². The molecule has 1 fully saturated rings. The SMILES string of the molecule is CCSc1nnc(NC(=O)C2CCN(S(=O)(=O)c3ccccc3C#N)CC2)s1. The van der Waals surface area contributed by atoms with E-state index in [0.717, 1.165) is 10.1 Å². The van der Waals surface area contributed by atoms with Crippen LogP contribution in [0, 0.1) is 17.2 Å². The Balaban J connectivity index is 1.62. The Kier molecular flexibility index (Phi) is 6.66. The zero-order chi connectivity index (χ0) is 20.1. The molecule has 28 heavy (non-hydrogen) atoms. The fourth-order valence-corrected chi connectivity index (χ4v) is 6.19. The monoisotopic (exact) mass is 437 g/mol. The van der Waals surface area contributed by atoms with Gasteiger partial charge in [0.05, 0.1) is 10.5 Å². The largest absolute Gasteiger partial charge is 0.300 e. The number of nitriles is 1. The van der Waals surface area contributed by atoms with Crippen molar-refractivity contribution < 1.29 is 13.2 Å². The summed E-state index contributed by atoms with van der Waals surface area (Å²) in [5.41, 5.74) is 0.124. The van der Waals surface area contributed by atoms with Gasteiger partial charge < -0.3 is 5.32 Å². The number of aromatic nitrogens is 2. The zero-order valence-corrected chi connectivity index (χ0v) is 17.6. The van der Waals surface area contributed by atoms with E-state index in [2.05, 4.69) is 15.5 Å². The van der Waals surface area contributed by atoms with Crippen LogP contribution >= 0.6 is 23.1 Å². The molecule has 0 unspecified atom stereocenters. The topological polar surface area (TPSA) is 116 Å². The second kappa shape index (κ2) is 9.00. The van der Waals surface area contributed by atoms with Crippen LogP contribution in [-0.2, 0) is 14.8 Å². The van der Waals surface area contributed by atoms with Crippen LogP contribution in [0.3, 0.4) is 0 Å². The molecule has 2 aromatic rings. The lowest BCUT2D eigenvalue weighted by Crippen LogP contribution is -2.41. The molecule has 0 aliphatic carbocycles. The molecule has 8 nitrogen and oxygen atoms in total. The average molecular weight is 438 g/mol. The van der Waals surface area contributed by atoms with Gasteiger partial charge in [-0.05, 0) is 30.7 Å². The third-order valence-corrected chi connectivity index (χ3v) is 8.17. The lowest BCUT2D eigenvalue weighted by atomic mass is 9.97. The van der Waals surface area contributed by atoms with E-state index < -0.39 is 10.0 Å². The summed E-state index contributed by atoms with van der Waals surface area (Å²) in [4.78, 5) is 12.5. The molecule has 0 atom stereocenters. The summed E-state index contributed by atoms with van der Waals surface area (Å²) in [5, 5.41) is 20.4. The van der Waals surface area contributed by atoms with Crippen LogP contribution < -0.4 is 5.32 Å². The second-order valence-corrected chi connectivity index (χ2v) is 10.5. The summed E-state index contributed by atoms with van der Waals surface area (Å²) in [6.07, 6.45) is 0.824. The number of nitrogens with zero attached hydrogens (tertiary/aromatic N) is 4. The van der Waals surface area contributed by atoms with Crippen LogP contribution in [0.25, 0.3) is 0 Å². The molecule has 0 radical (unpaired) electrons. The molecular weight excluding hydrogens is 418 g/mol. The van der Waals surface area contributed by atoms with E-state index in [4.69, 9.17) is 0 Å². The Morgan fingerprint density at radius 2 is 2.07 bits per heavy atom. The van der Waals surface area contributed by atoms with Gasteiger partial charge in [0.1, 0.15) is 6.07 Å². The number of anilines is 1. The van der Waals surface area contributed by atoms with Crippen LogP contribution in [-0.4, -0.2) is 47.7 Å². The summed E-state index contributed by atoms with van der Waals surface area (Å²) in [6, 6.07) is 8.08. The molecule has 1 aliphatic heterocycles. The fraction of sp³-hybridized carbons (Fsp3) is 0.412. The van der Waals surface area contributed by atoms with E-state index in [-0.39, 0.29) is 35.4 Å². The lowest BCUT2D eigenvalue weighted by Gasteiger charge is -2.30. The van der Waals surface area contributed by atoms with Gasteiger partial charge >= 0.3 is 0 Å². The molecule has 1 saturated heterocycles. The highest BCUT2D eigenvalue weighted by Crippen LogP contribution is 2.28. The smallest absolute Gasteiger partial charge is 0.244 e. The van der Waals surface area contributed by atoms with E-state index in [0.29, 0.717) is 18.0 Å². The first-order valence-electron chi connectivity index (χ1n) is 8.72. The van der Waals surface area contributed by atoms with Crippen LogP contribution in [0.15, 0.2) is 33.5 Å². The lowest BCUT2D eigenvalue weighted by molar-refractivity contribution is -0.120. The number of hydrogen-bond acceptors (Lipinski definition) is 8. The summed E-state index contributed by atoms with van der Waals surface area (Å²) >= 11 is 2.89. The molecule has 148 valence electrons. The third kappa shape index (κ3) is 4.52. The molecular formula is C17H19N5O3S3. The Bertz CT molecular complexity index is 991. The molecule has 1 aromatic carbocycles. The van der Waals surface area contributed by atoms with E-state index in [1.54, 1.807) is 23.9 Å². The van der Waals surface area contributed by atoms with E-state index >= 15 is 0 Å². The molecule has 0 saturated carbocycles. The van der Waals surface area contributed by atoms with Gasteiger partial charge in [-0.3, -0.25) is 4.79 Å². The van der Waals surface area contributed by atoms with Crippen LogP contribution in [0.5, 0.6) is 0 Å². The van der Waals surface area contributed by atoms with Crippen LogP contribution in [0.2, 0.25) is 0 Å². The quantitative estimate of drug-likeness (QED) is 0.545. The Morgan fingerprint density at radius 1 is 1.36 bits per heavy atom. The number of benzene rings is 1. The van der Waals surface area contributed by atoms with Crippen molar-refractivity contribution in [2.24, 2.45) is 5.92 Å². The average Bonchev–Trinajstić information content (AvgIpc) is 3.15. The normalized spacial score (nSPS) is 15.9. The van der Waals surface area contributed by atoms with Crippen molar-refractivity contribution in [3.8, 4) is 6.07 Å². The summed E-state index contributed by atoms with van der Waals surface area (Å²) in [6.45, 7) is 2.47. The predicted octanol–water partition coefficient (Wildman–Crippen LogP) is 2.56. The number of rotatable bonds is 6. The number of nitrogens with one attached hydrogen (secondary N) is 1. The minimum Gasteiger partial charge on any atom is -0.300 e. The molecule has 3 rings (SSSR count). The van der Waals surface area contributed by atoms with Gasteiger partial charge in [0.25, 0.3) is 0 Å². The predicted molar refractivity (Wildman–Crippen MR) is 108 cm³/mol. The Labute approximate surface area is 172 Å². The summed E-state index contributed by atoms with van der Waals surface area (Å²) < 4.78 is 27.9. The Morgan fingerprint density at radius 3 is 2.75 bits per heavy atom. The van der Waals surface area contributed by atoms with Crippen LogP contribution in [0.1, 0.15) is 25.3 Å². The first kappa shape index (κ1) is 20.7. The summed E-state index contributed by atoms with van der Waals surface area (Å²) in [7, 11) is -3.76. The number of amides is 1. The van der Waals surface area contributed by atoms with Crippen molar-refractivity contribution in [3.05, 3.63) is 29.8 Å². The van der Waals surface area contributed by atoms with Gasteiger partial charge in [0.2, 0.25) is 21.1 Å². The highest BCUT2D eigenvalue weighted by Gasteiger charge is 2.33. The number of piperidine rings is 1. The fourth-order valence-electron chi connectivity index (χ4n) is 2.93. The number of carbonyl (C=O) groups excluding carboxylic acids is 1. The van der Waals surface area contributed by atoms with Gasteiger partial charge in [-0.25, -0.2) is 8.42 Å². The van der Waals surface area contributed by atoms with E-state index in [1.807, 2.05) is 13.0 Å². The minimum absolute atomic E-state index is 0.00946. The molecule has 1 N–H and O–H groups in total. The van der Waals surface area contributed by atoms with Crippen LogP contribution in [0.4, 0.5) is 5.13 Å².